The summed E-state index contributed by atoms with van der Waals surface area (Å²) in [5, 5.41) is 3.21. The summed E-state index contributed by atoms with van der Waals surface area (Å²) in [5.41, 5.74) is 6.02. The van der Waals surface area contributed by atoms with Crippen molar-refractivity contribution in [2.24, 2.45) is 11.1 Å². The first-order valence-electron chi connectivity index (χ1n) is 6.63. The highest BCUT2D eigenvalue weighted by Crippen LogP contribution is 2.19. The highest BCUT2D eigenvalue weighted by atomic mass is 19.1. The molecule has 4 nitrogen and oxygen atoms in total. The zero-order valence-corrected chi connectivity index (χ0v) is 12.3. The van der Waals surface area contributed by atoms with E-state index < -0.39 is 5.91 Å². The van der Waals surface area contributed by atoms with Crippen molar-refractivity contribution in [3.63, 3.8) is 0 Å². The Balaban J connectivity index is 2.57. The molecular formula is C15H23FN2O2. The third-order valence-electron chi connectivity index (χ3n) is 3.23. The number of nitrogens with one attached hydrogen (secondary N) is 1. The largest absolute Gasteiger partial charge is 0.385 e. The number of hydrogen-bond donors (Lipinski definition) is 2. The molecule has 20 heavy (non-hydrogen) atoms. The topological polar surface area (TPSA) is 64.3 Å². The summed E-state index contributed by atoms with van der Waals surface area (Å²) >= 11 is 0. The molecule has 3 N–H and O–H groups in total. The number of carbonyl (C=O) groups is 1. The van der Waals surface area contributed by atoms with E-state index in [-0.39, 0.29) is 11.2 Å². The molecule has 112 valence electrons. The van der Waals surface area contributed by atoms with Crippen LogP contribution in [-0.2, 0) is 11.3 Å². The zero-order valence-electron chi connectivity index (χ0n) is 12.3. The van der Waals surface area contributed by atoms with Gasteiger partial charge in [0.2, 0.25) is 5.91 Å². The van der Waals surface area contributed by atoms with E-state index in [1.54, 1.807) is 7.11 Å². The molecule has 0 saturated heterocycles. The van der Waals surface area contributed by atoms with Crippen LogP contribution in [0.1, 0.15) is 36.2 Å². The molecule has 1 rings (SSSR count). The quantitative estimate of drug-likeness (QED) is 0.767. The number of ether oxygens (including phenoxy) is 1. The normalized spacial score (nSPS) is 11.6. The predicted molar refractivity (Wildman–Crippen MR) is 76.9 cm³/mol. The van der Waals surface area contributed by atoms with E-state index in [0.717, 1.165) is 13.0 Å². The molecule has 0 radical (unpaired) electrons. The van der Waals surface area contributed by atoms with Gasteiger partial charge in [-0.15, -0.1) is 0 Å². The van der Waals surface area contributed by atoms with E-state index in [0.29, 0.717) is 24.3 Å². The van der Waals surface area contributed by atoms with Gasteiger partial charge in [0, 0.05) is 37.9 Å². The summed E-state index contributed by atoms with van der Waals surface area (Å²) in [6.07, 6.45) is 0.917. The highest BCUT2D eigenvalue weighted by molar-refractivity contribution is 5.92. The van der Waals surface area contributed by atoms with Crippen LogP contribution in [0.2, 0.25) is 0 Å². The lowest BCUT2D eigenvalue weighted by atomic mass is 9.89. The van der Waals surface area contributed by atoms with E-state index in [1.807, 2.05) is 0 Å². The Morgan fingerprint density at radius 1 is 1.45 bits per heavy atom. The van der Waals surface area contributed by atoms with E-state index in [1.165, 1.54) is 18.2 Å². The number of benzene rings is 1. The molecule has 0 saturated carbocycles. The third kappa shape index (κ3) is 5.27. The Morgan fingerprint density at radius 2 is 2.15 bits per heavy atom. The van der Waals surface area contributed by atoms with Gasteiger partial charge >= 0.3 is 0 Å². The molecule has 0 fully saturated rings. The fourth-order valence-corrected chi connectivity index (χ4v) is 1.87. The Kier molecular flexibility index (Phi) is 6.10. The van der Waals surface area contributed by atoms with E-state index >= 15 is 0 Å². The number of hydrogen-bond acceptors (Lipinski definition) is 3. The first-order valence-corrected chi connectivity index (χ1v) is 6.63. The molecule has 5 heteroatoms. The van der Waals surface area contributed by atoms with Gasteiger partial charge < -0.3 is 15.8 Å². The summed E-state index contributed by atoms with van der Waals surface area (Å²) in [7, 11) is 1.67. The molecule has 1 aromatic rings. The van der Waals surface area contributed by atoms with Gasteiger partial charge in [-0.3, -0.25) is 4.79 Å². The maximum atomic E-state index is 13.6. The Labute approximate surface area is 119 Å². The average Bonchev–Trinajstić information content (AvgIpc) is 2.38. The lowest BCUT2D eigenvalue weighted by molar-refractivity contribution is 0.1000. The SMILES string of the molecule is COCCC(C)(C)CNCc1cc(C(N)=O)ccc1F. The lowest BCUT2D eigenvalue weighted by Gasteiger charge is -2.24. The fourth-order valence-electron chi connectivity index (χ4n) is 1.87. The molecule has 0 spiro atoms. The van der Waals surface area contributed by atoms with Gasteiger partial charge in [0.1, 0.15) is 5.82 Å². The Bertz CT molecular complexity index is 461. The number of methoxy groups -OCH3 is 1. The second-order valence-electron chi connectivity index (χ2n) is 5.68. The van der Waals surface area contributed by atoms with Crippen LogP contribution < -0.4 is 11.1 Å². The number of carbonyl (C=O) groups excluding carboxylic acids is 1. The molecule has 0 aliphatic rings. The van der Waals surface area contributed by atoms with Crippen molar-refractivity contribution in [2.45, 2.75) is 26.8 Å². The first-order chi connectivity index (χ1) is 9.35. The Hall–Kier alpha value is -1.46. The minimum absolute atomic E-state index is 0.0633. The fraction of sp³-hybridized carbons (Fsp3) is 0.533. The maximum Gasteiger partial charge on any atom is 0.248 e. The Morgan fingerprint density at radius 3 is 2.75 bits per heavy atom. The van der Waals surface area contributed by atoms with Crippen molar-refractivity contribution in [1.29, 1.82) is 0 Å². The molecule has 0 bridgehead atoms. The summed E-state index contributed by atoms with van der Waals surface area (Å²) in [5.74, 6) is -0.885. The summed E-state index contributed by atoms with van der Waals surface area (Å²) in [6, 6.07) is 4.16. The van der Waals surface area contributed by atoms with Gasteiger partial charge in [-0.05, 0) is 30.0 Å². The van der Waals surface area contributed by atoms with Crippen LogP contribution in [0.4, 0.5) is 4.39 Å². The second kappa shape index (κ2) is 7.36. The van der Waals surface area contributed by atoms with E-state index in [9.17, 15) is 9.18 Å². The van der Waals surface area contributed by atoms with Crippen LogP contribution in [-0.4, -0.2) is 26.2 Å². The van der Waals surface area contributed by atoms with Crippen LogP contribution >= 0.6 is 0 Å². The van der Waals surface area contributed by atoms with Crippen molar-refractivity contribution in [3.8, 4) is 0 Å². The molecule has 0 unspecified atom stereocenters. The van der Waals surface area contributed by atoms with Gasteiger partial charge in [0.25, 0.3) is 0 Å². The number of nitrogens with two attached hydrogens (primary N) is 1. The van der Waals surface area contributed by atoms with Gasteiger partial charge in [-0.1, -0.05) is 13.8 Å². The minimum Gasteiger partial charge on any atom is -0.385 e. The first kappa shape index (κ1) is 16.6. The van der Waals surface area contributed by atoms with Crippen LogP contribution in [0.5, 0.6) is 0 Å². The molecule has 1 aromatic carbocycles. The summed E-state index contributed by atoms with van der Waals surface area (Å²) in [4.78, 5) is 11.1. The van der Waals surface area contributed by atoms with Crippen molar-refractivity contribution >= 4 is 5.91 Å². The molecule has 0 aromatic heterocycles. The van der Waals surface area contributed by atoms with Crippen molar-refractivity contribution < 1.29 is 13.9 Å². The monoisotopic (exact) mass is 282 g/mol. The van der Waals surface area contributed by atoms with E-state index in [2.05, 4.69) is 19.2 Å². The van der Waals surface area contributed by atoms with Gasteiger partial charge in [0.15, 0.2) is 0 Å². The molecule has 0 atom stereocenters. The molecule has 0 heterocycles. The molecular weight excluding hydrogens is 259 g/mol. The highest BCUT2D eigenvalue weighted by Gasteiger charge is 2.17. The van der Waals surface area contributed by atoms with Crippen LogP contribution in [0.3, 0.4) is 0 Å². The lowest BCUT2D eigenvalue weighted by Crippen LogP contribution is -2.30. The molecule has 1 amide bonds. The van der Waals surface area contributed by atoms with Gasteiger partial charge in [-0.2, -0.15) is 0 Å². The summed E-state index contributed by atoms with van der Waals surface area (Å²) < 4.78 is 18.7. The van der Waals surface area contributed by atoms with Crippen LogP contribution in [0.25, 0.3) is 0 Å². The average molecular weight is 282 g/mol. The van der Waals surface area contributed by atoms with Crippen LogP contribution in [0.15, 0.2) is 18.2 Å². The number of primary amides is 1. The second-order valence-corrected chi connectivity index (χ2v) is 5.68. The van der Waals surface area contributed by atoms with Gasteiger partial charge in [0.05, 0.1) is 0 Å². The number of amides is 1. The maximum absolute atomic E-state index is 13.6. The standard InChI is InChI=1S/C15H23FN2O2/c1-15(2,6-7-20-3)10-18-9-12-8-11(14(17)19)4-5-13(12)16/h4-5,8,18H,6-7,9-10H2,1-3H3,(H2,17,19). The predicted octanol–water partition coefficient (Wildman–Crippen LogP) is 2.08. The van der Waals surface area contributed by atoms with Crippen molar-refractivity contribution in [2.75, 3.05) is 20.3 Å². The smallest absolute Gasteiger partial charge is 0.248 e. The van der Waals surface area contributed by atoms with Crippen molar-refractivity contribution in [3.05, 3.63) is 35.1 Å². The van der Waals surface area contributed by atoms with E-state index in [4.69, 9.17) is 10.5 Å². The third-order valence-corrected chi connectivity index (χ3v) is 3.23. The van der Waals surface area contributed by atoms with Gasteiger partial charge in [-0.25, -0.2) is 4.39 Å². The molecule has 0 aliphatic carbocycles. The minimum atomic E-state index is -0.549. The molecule has 0 aliphatic heterocycles. The zero-order chi connectivity index (χ0) is 15.2. The summed E-state index contributed by atoms with van der Waals surface area (Å²) in [6.45, 7) is 6.03. The van der Waals surface area contributed by atoms with Crippen molar-refractivity contribution in [1.82, 2.24) is 5.32 Å². The number of rotatable bonds is 8. The van der Waals surface area contributed by atoms with Crippen LogP contribution in [0, 0.1) is 11.2 Å². The number of halogens is 1.